The van der Waals surface area contributed by atoms with Gasteiger partial charge in [-0.05, 0) is 45.0 Å². The maximum Gasteiger partial charge on any atom is 0.248 e. The predicted octanol–water partition coefficient (Wildman–Crippen LogP) is 2.25. The first-order valence-electron chi connectivity index (χ1n) is 8.10. The van der Waals surface area contributed by atoms with Crippen molar-refractivity contribution in [2.75, 3.05) is 34.9 Å². The summed E-state index contributed by atoms with van der Waals surface area (Å²) in [5, 5.41) is 3.40. The number of primary amides is 1. The lowest BCUT2D eigenvalue weighted by molar-refractivity contribution is 0.100. The summed E-state index contributed by atoms with van der Waals surface area (Å²) in [7, 11) is 0. The van der Waals surface area contributed by atoms with Crippen molar-refractivity contribution in [3.05, 3.63) is 35.7 Å². The summed E-state index contributed by atoms with van der Waals surface area (Å²) < 4.78 is 0. The first kappa shape index (κ1) is 16.0. The number of hydrogen-bond acceptors (Lipinski definition) is 6. The molecule has 0 unspecified atom stereocenters. The highest BCUT2D eigenvalue weighted by molar-refractivity contribution is 5.93. The van der Waals surface area contributed by atoms with E-state index in [2.05, 4.69) is 38.9 Å². The van der Waals surface area contributed by atoms with Gasteiger partial charge in [-0.3, -0.25) is 4.79 Å². The molecule has 1 aliphatic heterocycles. The summed E-state index contributed by atoms with van der Waals surface area (Å²) in [5.74, 6) is 2.09. The van der Waals surface area contributed by atoms with Gasteiger partial charge in [-0.15, -0.1) is 0 Å². The predicted molar refractivity (Wildman–Crippen MR) is 95.9 cm³/mol. The van der Waals surface area contributed by atoms with Gasteiger partial charge in [0.1, 0.15) is 11.5 Å². The van der Waals surface area contributed by atoms with Crippen molar-refractivity contribution >= 4 is 28.9 Å². The number of nitrogens with zero attached hydrogens (tertiary/aromatic N) is 4. The molecule has 0 atom stereocenters. The number of hydrogen-bond donors (Lipinski definition) is 2. The fourth-order valence-electron chi connectivity index (χ4n) is 2.90. The lowest BCUT2D eigenvalue weighted by Crippen LogP contribution is -2.24. The Labute approximate surface area is 141 Å². The summed E-state index contributed by atoms with van der Waals surface area (Å²) >= 11 is 0. The van der Waals surface area contributed by atoms with Crippen molar-refractivity contribution in [1.29, 1.82) is 0 Å². The molecule has 126 valence electrons. The normalized spacial score (nSPS) is 12.7. The van der Waals surface area contributed by atoms with Crippen molar-refractivity contribution < 1.29 is 4.79 Å². The maximum absolute atomic E-state index is 11.2. The summed E-state index contributed by atoms with van der Waals surface area (Å²) in [4.78, 5) is 24.7. The second-order valence-electron chi connectivity index (χ2n) is 5.64. The van der Waals surface area contributed by atoms with Crippen LogP contribution in [-0.4, -0.2) is 35.6 Å². The van der Waals surface area contributed by atoms with Crippen LogP contribution in [0.25, 0.3) is 0 Å². The first-order valence-corrected chi connectivity index (χ1v) is 8.10. The third-order valence-corrected chi connectivity index (χ3v) is 4.18. The van der Waals surface area contributed by atoms with Gasteiger partial charge < -0.3 is 20.9 Å². The number of aromatic nitrogens is 2. The number of carbonyl (C=O) groups is 1. The monoisotopic (exact) mass is 326 g/mol. The van der Waals surface area contributed by atoms with E-state index in [1.165, 1.54) is 0 Å². The van der Waals surface area contributed by atoms with E-state index < -0.39 is 5.91 Å². The summed E-state index contributed by atoms with van der Waals surface area (Å²) in [5.41, 5.74) is 7.70. The number of anilines is 4. The molecule has 3 rings (SSSR count). The molecule has 3 N–H and O–H groups in total. The van der Waals surface area contributed by atoms with Gasteiger partial charge in [0.15, 0.2) is 11.6 Å². The van der Waals surface area contributed by atoms with Gasteiger partial charge in [0.05, 0.1) is 6.67 Å². The van der Waals surface area contributed by atoms with E-state index in [0.717, 1.165) is 41.9 Å². The van der Waals surface area contributed by atoms with E-state index >= 15 is 0 Å². The molecule has 0 bridgehead atoms. The van der Waals surface area contributed by atoms with Gasteiger partial charge in [0, 0.05) is 24.3 Å². The largest absolute Gasteiger partial charge is 0.366 e. The molecule has 1 amide bonds. The van der Waals surface area contributed by atoms with E-state index in [9.17, 15) is 4.79 Å². The van der Waals surface area contributed by atoms with Crippen molar-refractivity contribution in [3.8, 4) is 0 Å². The third-order valence-electron chi connectivity index (χ3n) is 4.18. The highest BCUT2D eigenvalue weighted by Crippen LogP contribution is 2.40. The molecule has 0 fully saturated rings. The molecule has 7 heteroatoms. The first-order chi connectivity index (χ1) is 11.5. The highest BCUT2D eigenvalue weighted by Gasteiger charge is 2.27. The Morgan fingerprint density at radius 2 is 1.92 bits per heavy atom. The van der Waals surface area contributed by atoms with Crippen LogP contribution in [0.4, 0.5) is 23.0 Å². The lowest BCUT2D eigenvalue weighted by Gasteiger charge is -2.23. The Morgan fingerprint density at radius 1 is 1.25 bits per heavy atom. The van der Waals surface area contributed by atoms with E-state index in [0.29, 0.717) is 12.2 Å². The van der Waals surface area contributed by atoms with Crippen LogP contribution in [-0.2, 0) is 0 Å². The minimum atomic E-state index is -0.427. The SMILES string of the molecule is CCN(CC)c1nc(C)nc2c1NCN2c1ccc(C(N)=O)cc1. The number of nitrogens with one attached hydrogen (secondary N) is 1. The second kappa shape index (κ2) is 6.35. The van der Waals surface area contributed by atoms with Crippen LogP contribution in [0, 0.1) is 6.92 Å². The van der Waals surface area contributed by atoms with Crippen LogP contribution in [0.1, 0.15) is 30.0 Å². The standard InChI is InChI=1S/C17H22N6O/c1-4-22(5-2)16-14-17(21-11(3)20-16)23(10-19-14)13-8-6-12(7-9-13)15(18)24/h6-9,19H,4-5,10H2,1-3H3,(H2,18,24). The molecule has 2 aromatic rings. The average molecular weight is 326 g/mol. The minimum Gasteiger partial charge on any atom is -0.366 e. The van der Waals surface area contributed by atoms with Crippen molar-refractivity contribution in [2.24, 2.45) is 5.73 Å². The number of fused-ring (bicyclic) bond motifs is 1. The van der Waals surface area contributed by atoms with E-state index in [-0.39, 0.29) is 0 Å². The zero-order chi connectivity index (χ0) is 17.3. The minimum absolute atomic E-state index is 0.427. The Hall–Kier alpha value is -2.83. The Morgan fingerprint density at radius 3 is 2.50 bits per heavy atom. The molecule has 1 aromatic heterocycles. The summed E-state index contributed by atoms with van der Waals surface area (Å²) in [6.07, 6.45) is 0. The van der Waals surface area contributed by atoms with Gasteiger partial charge in [-0.25, -0.2) is 9.97 Å². The molecular weight excluding hydrogens is 304 g/mol. The lowest BCUT2D eigenvalue weighted by atomic mass is 10.2. The fraction of sp³-hybridized carbons (Fsp3) is 0.353. The molecule has 24 heavy (non-hydrogen) atoms. The highest BCUT2D eigenvalue weighted by atomic mass is 16.1. The van der Waals surface area contributed by atoms with Crippen molar-refractivity contribution in [2.45, 2.75) is 20.8 Å². The van der Waals surface area contributed by atoms with Crippen LogP contribution in [0.3, 0.4) is 0 Å². The van der Waals surface area contributed by atoms with E-state index in [4.69, 9.17) is 5.73 Å². The number of carbonyl (C=O) groups excluding carboxylic acids is 1. The molecule has 0 saturated heterocycles. The number of aryl methyl sites for hydroxylation is 1. The molecule has 0 aliphatic carbocycles. The molecule has 1 aromatic carbocycles. The Bertz CT molecular complexity index is 754. The number of benzene rings is 1. The average Bonchev–Trinajstić information content (AvgIpc) is 2.99. The summed E-state index contributed by atoms with van der Waals surface area (Å²) in [6.45, 7) is 8.51. The van der Waals surface area contributed by atoms with Crippen LogP contribution in [0.2, 0.25) is 0 Å². The number of nitrogens with two attached hydrogens (primary N) is 1. The molecule has 0 spiro atoms. The molecule has 1 aliphatic rings. The Balaban J connectivity index is 2.01. The molecule has 0 radical (unpaired) electrons. The van der Waals surface area contributed by atoms with Crippen LogP contribution in [0.5, 0.6) is 0 Å². The third kappa shape index (κ3) is 2.73. The zero-order valence-corrected chi connectivity index (χ0v) is 14.2. The van der Waals surface area contributed by atoms with Gasteiger partial charge in [-0.1, -0.05) is 0 Å². The Kier molecular flexibility index (Phi) is 4.24. The zero-order valence-electron chi connectivity index (χ0n) is 14.2. The van der Waals surface area contributed by atoms with E-state index in [1.807, 2.05) is 19.1 Å². The molecule has 2 heterocycles. The molecule has 7 nitrogen and oxygen atoms in total. The van der Waals surface area contributed by atoms with Gasteiger partial charge in [0.2, 0.25) is 5.91 Å². The second-order valence-corrected chi connectivity index (χ2v) is 5.64. The quantitative estimate of drug-likeness (QED) is 0.876. The van der Waals surface area contributed by atoms with Crippen LogP contribution >= 0.6 is 0 Å². The van der Waals surface area contributed by atoms with Crippen LogP contribution in [0.15, 0.2) is 24.3 Å². The fourth-order valence-corrected chi connectivity index (χ4v) is 2.90. The van der Waals surface area contributed by atoms with Crippen molar-refractivity contribution in [3.63, 3.8) is 0 Å². The topological polar surface area (TPSA) is 87.4 Å². The van der Waals surface area contributed by atoms with Gasteiger partial charge >= 0.3 is 0 Å². The molecule has 0 saturated carbocycles. The van der Waals surface area contributed by atoms with Crippen LogP contribution < -0.4 is 20.9 Å². The number of rotatable bonds is 5. The smallest absolute Gasteiger partial charge is 0.248 e. The molecular formula is C17H22N6O. The van der Waals surface area contributed by atoms with Gasteiger partial charge in [0.25, 0.3) is 0 Å². The van der Waals surface area contributed by atoms with Crippen molar-refractivity contribution in [1.82, 2.24) is 9.97 Å². The van der Waals surface area contributed by atoms with Gasteiger partial charge in [-0.2, -0.15) is 0 Å². The number of amides is 1. The van der Waals surface area contributed by atoms with E-state index in [1.54, 1.807) is 12.1 Å². The summed E-state index contributed by atoms with van der Waals surface area (Å²) in [6, 6.07) is 7.22. The maximum atomic E-state index is 11.2.